The fourth-order valence-electron chi connectivity index (χ4n) is 3.11. The first-order valence-corrected chi connectivity index (χ1v) is 7.76. The van der Waals surface area contributed by atoms with Crippen LogP contribution >= 0.6 is 11.8 Å². The molecule has 5 atom stereocenters. The Balaban J connectivity index is 1.85. The summed E-state index contributed by atoms with van der Waals surface area (Å²) in [7, 11) is 0. The largest absolute Gasteiger partial charge is 0.290 e. The highest BCUT2D eigenvalue weighted by Gasteiger charge is 2.37. The molecule has 96 valence electrons. The molecule has 1 heterocycles. The Morgan fingerprint density at radius 1 is 1.29 bits per heavy atom. The van der Waals surface area contributed by atoms with E-state index in [9.17, 15) is 0 Å². The predicted octanol–water partition coefficient (Wildman–Crippen LogP) is 2.30. The normalized spacial score (nSPS) is 41.6. The van der Waals surface area contributed by atoms with E-state index in [1.54, 1.807) is 0 Å². The highest BCUT2D eigenvalue weighted by atomic mass is 32.2. The van der Waals surface area contributed by atoms with Crippen LogP contribution in [0, 0.1) is 23.2 Å². The molecular weight excluding hydrogens is 230 g/mol. The lowest BCUT2D eigenvalue weighted by Crippen LogP contribution is -2.62. The molecule has 4 heteroatoms. The molecule has 2 rings (SSSR count). The van der Waals surface area contributed by atoms with Crippen molar-refractivity contribution in [2.45, 2.75) is 57.1 Å². The number of nitriles is 1. The number of nitrogens with zero attached hydrogens (tertiary/aromatic N) is 1. The Hall–Kier alpha value is -0.240. The van der Waals surface area contributed by atoms with Crippen molar-refractivity contribution in [1.82, 2.24) is 10.6 Å². The molecule has 0 amide bonds. The van der Waals surface area contributed by atoms with Gasteiger partial charge in [-0.25, -0.2) is 0 Å². The number of thioether (sulfide) groups is 1. The van der Waals surface area contributed by atoms with Gasteiger partial charge in [-0.15, -0.1) is 11.8 Å². The lowest BCUT2D eigenvalue weighted by atomic mass is 9.75. The molecule has 1 aliphatic carbocycles. The Kier molecular flexibility index (Phi) is 4.72. The van der Waals surface area contributed by atoms with Crippen molar-refractivity contribution < 1.29 is 0 Å². The monoisotopic (exact) mass is 253 g/mol. The lowest BCUT2D eigenvalue weighted by molar-refractivity contribution is 0.129. The van der Waals surface area contributed by atoms with Gasteiger partial charge in [0.25, 0.3) is 0 Å². The van der Waals surface area contributed by atoms with Crippen LogP contribution in [-0.4, -0.2) is 23.3 Å². The van der Waals surface area contributed by atoms with Gasteiger partial charge in [0.1, 0.15) is 5.50 Å². The quantitative estimate of drug-likeness (QED) is 0.758. The van der Waals surface area contributed by atoms with E-state index in [-0.39, 0.29) is 0 Å². The maximum atomic E-state index is 8.56. The molecule has 0 spiro atoms. The standard InChI is InChI=1S/C13H23N3S/c1-9-4-5-12-11(8-9)10(2)15-13(16-12)17-7-3-6-14/h9-13,15-16H,3-5,7-8H2,1-2H3. The molecule has 2 N–H and O–H groups in total. The minimum atomic E-state index is 0.341. The number of hydrogen-bond donors (Lipinski definition) is 2. The number of rotatable bonds is 3. The van der Waals surface area contributed by atoms with Crippen molar-refractivity contribution in [3.8, 4) is 6.07 Å². The second-order valence-electron chi connectivity index (χ2n) is 5.47. The maximum absolute atomic E-state index is 8.56. The van der Waals surface area contributed by atoms with Crippen LogP contribution < -0.4 is 10.6 Å². The molecule has 0 radical (unpaired) electrons. The molecule has 1 saturated heterocycles. The zero-order chi connectivity index (χ0) is 12.3. The van der Waals surface area contributed by atoms with Crippen LogP contribution in [-0.2, 0) is 0 Å². The van der Waals surface area contributed by atoms with Gasteiger partial charge in [-0.2, -0.15) is 5.26 Å². The Morgan fingerprint density at radius 3 is 2.88 bits per heavy atom. The molecule has 1 aliphatic heterocycles. The summed E-state index contributed by atoms with van der Waals surface area (Å²) in [6.45, 7) is 4.69. The lowest BCUT2D eigenvalue weighted by Gasteiger charge is -2.46. The third-order valence-corrected chi connectivity index (χ3v) is 5.13. The zero-order valence-electron chi connectivity index (χ0n) is 10.8. The van der Waals surface area contributed by atoms with Crippen LogP contribution in [0.2, 0.25) is 0 Å². The van der Waals surface area contributed by atoms with Gasteiger partial charge >= 0.3 is 0 Å². The van der Waals surface area contributed by atoms with E-state index in [4.69, 9.17) is 5.26 Å². The van der Waals surface area contributed by atoms with Crippen LogP contribution in [0.3, 0.4) is 0 Å². The minimum absolute atomic E-state index is 0.341. The Labute approximate surface area is 109 Å². The molecule has 1 saturated carbocycles. The molecule has 0 aromatic carbocycles. The van der Waals surface area contributed by atoms with Crippen molar-refractivity contribution in [3.63, 3.8) is 0 Å². The van der Waals surface area contributed by atoms with Gasteiger partial charge in [-0.1, -0.05) is 6.92 Å². The van der Waals surface area contributed by atoms with Crippen LogP contribution in [0.4, 0.5) is 0 Å². The van der Waals surface area contributed by atoms with Crippen LogP contribution in [0.1, 0.15) is 39.5 Å². The van der Waals surface area contributed by atoms with Gasteiger partial charge in [0.15, 0.2) is 0 Å². The van der Waals surface area contributed by atoms with E-state index < -0.39 is 0 Å². The van der Waals surface area contributed by atoms with Crippen molar-refractivity contribution in [1.29, 1.82) is 5.26 Å². The van der Waals surface area contributed by atoms with Crippen molar-refractivity contribution in [2.75, 3.05) is 5.75 Å². The Bertz CT molecular complexity index is 289. The van der Waals surface area contributed by atoms with E-state index >= 15 is 0 Å². The van der Waals surface area contributed by atoms with Crippen molar-refractivity contribution in [3.05, 3.63) is 0 Å². The zero-order valence-corrected chi connectivity index (χ0v) is 11.6. The summed E-state index contributed by atoms with van der Waals surface area (Å²) in [6.07, 6.45) is 4.66. The average molecular weight is 253 g/mol. The van der Waals surface area contributed by atoms with Crippen LogP contribution in [0.25, 0.3) is 0 Å². The highest BCUT2D eigenvalue weighted by molar-refractivity contribution is 7.99. The average Bonchev–Trinajstić information content (AvgIpc) is 2.31. The molecule has 17 heavy (non-hydrogen) atoms. The second kappa shape index (κ2) is 6.08. The summed E-state index contributed by atoms with van der Waals surface area (Å²) in [6, 6.07) is 3.49. The summed E-state index contributed by atoms with van der Waals surface area (Å²) < 4.78 is 0. The molecule has 2 aliphatic rings. The molecule has 2 fully saturated rings. The van der Waals surface area contributed by atoms with Gasteiger partial charge in [0.05, 0.1) is 6.07 Å². The molecule has 0 aromatic heterocycles. The molecule has 5 unspecified atom stereocenters. The van der Waals surface area contributed by atoms with Crippen molar-refractivity contribution in [2.24, 2.45) is 11.8 Å². The van der Waals surface area contributed by atoms with Gasteiger partial charge in [-0.3, -0.25) is 10.6 Å². The fourth-order valence-corrected chi connectivity index (χ4v) is 4.13. The van der Waals surface area contributed by atoms with E-state index in [1.165, 1.54) is 19.3 Å². The van der Waals surface area contributed by atoms with Crippen LogP contribution in [0.5, 0.6) is 0 Å². The Morgan fingerprint density at radius 2 is 2.12 bits per heavy atom. The summed E-state index contributed by atoms with van der Waals surface area (Å²) in [4.78, 5) is 0. The highest BCUT2D eigenvalue weighted by Crippen LogP contribution is 2.34. The molecule has 0 aromatic rings. The van der Waals surface area contributed by atoms with Crippen molar-refractivity contribution >= 4 is 11.8 Å². The minimum Gasteiger partial charge on any atom is -0.290 e. The SMILES string of the molecule is CC1CCC2NC(SCCC#N)NC(C)C2C1. The van der Waals surface area contributed by atoms with Gasteiger partial charge in [0.2, 0.25) is 0 Å². The summed E-state index contributed by atoms with van der Waals surface area (Å²) in [5.74, 6) is 2.58. The second-order valence-corrected chi connectivity index (χ2v) is 6.68. The smallest absolute Gasteiger partial charge is 0.106 e. The third-order valence-electron chi connectivity index (χ3n) is 4.08. The first kappa shape index (κ1) is 13.2. The number of nitrogens with one attached hydrogen (secondary N) is 2. The first-order valence-electron chi connectivity index (χ1n) is 6.71. The molecule has 3 nitrogen and oxygen atoms in total. The maximum Gasteiger partial charge on any atom is 0.106 e. The summed E-state index contributed by atoms with van der Waals surface area (Å²) in [5.41, 5.74) is 0.341. The number of fused-ring (bicyclic) bond motifs is 1. The van der Waals surface area contributed by atoms with Crippen LogP contribution in [0.15, 0.2) is 0 Å². The molecular formula is C13H23N3S. The molecule has 0 bridgehead atoms. The van der Waals surface area contributed by atoms with Gasteiger partial charge < -0.3 is 0 Å². The van der Waals surface area contributed by atoms with Gasteiger partial charge in [0, 0.05) is 24.3 Å². The third kappa shape index (κ3) is 3.37. The predicted molar refractivity (Wildman–Crippen MR) is 72.5 cm³/mol. The summed E-state index contributed by atoms with van der Waals surface area (Å²) >= 11 is 1.84. The number of hydrogen-bond acceptors (Lipinski definition) is 4. The van der Waals surface area contributed by atoms with E-state index in [1.807, 2.05) is 11.8 Å². The topological polar surface area (TPSA) is 47.9 Å². The van der Waals surface area contributed by atoms with E-state index in [2.05, 4.69) is 30.6 Å². The van der Waals surface area contributed by atoms with Gasteiger partial charge in [-0.05, 0) is 38.0 Å². The summed E-state index contributed by atoms with van der Waals surface area (Å²) in [5, 5.41) is 15.9. The fraction of sp³-hybridized carbons (Fsp3) is 0.923. The van der Waals surface area contributed by atoms with E-state index in [0.717, 1.165) is 17.6 Å². The first-order chi connectivity index (χ1) is 8.20. The van der Waals surface area contributed by atoms with E-state index in [0.29, 0.717) is 24.0 Å².